The Labute approximate surface area is 135 Å². The first-order valence-electron chi connectivity index (χ1n) is 6.64. The lowest BCUT2D eigenvalue weighted by molar-refractivity contribution is -0.120. The van der Waals surface area contributed by atoms with Gasteiger partial charge in [-0.15, -0.1) is 12.4 Å². The summed E-state index contributed by atoms with van der Waals surface area (Å²) in [6, 6.07) is 3.78. The molecule has 1 aliphatic heterocycles. The van der Waals surface area contributed by atoms with Crippen molar-refractivity contribution in [3.05, 3.63) is 24.0 Å². The number of amides is 1. The van der Waals surface area contributed by atoms with E-state index in [0.717, 1.165) is 31.7 Å². The van der Waals surface area contributed by atoms with Crippen LogP contribution in [0.15, 0.2) is 18.2 Å². The second-order valence-electron chi connectivity index (χ2n) is 5.10. The predicted octanol–water partition coefficient (Wildman–Crippen LogP) is 1.56. The molecule has 1 saturated heterocycles. The van der Waals surface area contributed by atoms with Crippen LogP contribution in [-0.2, 0) is 14.8 Å². The summed E-state index contributed by atoms with van der Waals surface area (Å²) in [4.78, 5) is 12.1. The van der Waals surface area contributed by atoms with Crippen molar-refractivity contribution < 1.29 is 17.6 Å². The van der Waals surface area contributed by atoms with Gasteiger partial charge in [-0.25, -0.2) is 12.8 Å². The van der Waals surface area contributed by atoms with Crippen molar-refractivity contribution in [3.63, 3.8) is 0 Å². The summed E-state index contributed by atoms with van der Waals surface area (Å²) in [5, 5.41) is 5.83. The van der Waals surface area contributed by atoms with Gasteiger partial charge in [0.05, 0.1) is 17.9 Å². The molecule has 0 saturated carbocycles. The van der Waals surface area contributed by atoms with Gasteiger partial charge in [-0.05, 0) is 37.6 Å². The number of benzene rings is 1. The molecule has 1 aromatic carbocycles. The van der Waals surface area contributed by atoms with Crippen molar-refractivity contribution >= 4 is 39.7 Å². The molecule has 124 valence electrons. The van der Waals surface area contributed by atoms with Crippen LogP contribution in [0.25, 0.3) is 0 Å². The molecule has 0 aromatic heterocycles. The lowest BCUT2D eigenvalue weighted by atomic mass is 9.99. The minimum atomic E-state index is -3.58. The maximum absolute atomic E-state index is 13.5. The van der Waals surface area contributed by atoms with Gasteiger partial charge in [0, 0.05) is 12.2 Å². The van der Waals surface area contributed by atoms with Crippen molar-refractivity contribution in [2.75, 3.05) is 29.4 Å². The molecule has 22 heavy (non-hydrogen) atoms. The molecule has 1 aromatic rings. The first-order chi connectivity index (χ1) is 9.85. The number of carbonyl (C=O) groups is 1. The van der Waals surface area contributed by atoms with E-state index in [1.165, 1.54) is 12.1 Å². The fourth-order valence-corrected chi connectivity index (χ4v) is 2.76. The average Bonchev–Trinajstić information content (AvgIpc) is 2.42. The highest BCUT2D eigenvalue weighted by Gasteiger charge is 2.21. The Morgan fingerprint density at radius 1 is 1.41 bits per heavy atom. The average molecular weight is 352 g/mol. The predicted molar refractivity (Wildman–Crippen MR) is 86.3 cm³/mol. The molecule has 1 unspecified atom stereocenters. The van der Waals surface area contributed by atoms with Crippen LogP contribution in [0.5, 0.6) is 0 Å². The van der Waals surface area contributed by atoms with Gasteiger partial charge in [-0.1, -0.05) is 0 Å². The minimum Gasteiger partial charge on any atom is -0.326 e. The van der Waals surface area contributed by atoms with Crippen LogP contribution in [-0.4, -0.2) is 33.7 Å². The molecule has 1 aliphatic rings. The number of nitrogens with one attached hydrogen (secondary N) is 3. The van der Waals surface area contributed by atoms with Crippen LogP contribution in [0.3, 0.4) is 0 Å². The quantitative estimate of drug-likeness (QED) is 0.768. The molecule has 0 radical (unpaired) electrons. The molecule has 0 bridgehead atoms. The molecular weight excluding hydrogens is 333 g/mol. The molecule has 9 heteroatoms. The molecule has 0 spiro atoms. The van der Waals surface area contributed by atoms with E-state index in [1.54, 1.807) is 0 Å². The Hall–Kier alpha value is -1.38. The third kappa shape index (κ3) is 5.43. The van der Waals surface area contributed by atoms with Gasteiger partial charge in [-0.2, -0.15) is 0 Å². The van der Waals surface area contributed by atoms with Crippen LogP contribution in [0, 0.1) is 11.7 Å². The van der Waals surface area contributed by atoms with Crippen molar-refractivity contribution in [2.45, 2.75) is 12.8 Å². The van der Waals surface area contributed by atoms with Gasteiger partial charge in [0.2, 0.25) is 15.9 Å². The minimum absolute atomic E-state index is 0. The van der Waals surface area contributed by atoms with Crippen molar-refractivity contribution in [1.29, 1.82) is 0 Å². The highest BCUT2D eigenvalue weighted by molar-refractivity contribution is 7.92. The molecule has 1 heterocycles. The summed E-state index contributed by atoms with van der Waals surface area (Å²) >= 11 is 0. The molecule has 2 rings (SSSR count). The zero-order valence-electron chi connectivity index (χ0n) is 12.1. The van der Waals surface area contributed by atoms with Gasteiger partial charge in [0.1, 0.15) is 5.82 Å². The topological polar surface area (TPSA) is 87.3 Å². The van der Waals surface area contributed by atoms with Crippen LogP contribution in [0.4, 0.5) is 15.8 Å². The van der Waals surface area contributed by atoms with E-state index in [-0.39, 0.29) is 29.9 Å². The Bertz CT molecular complexity index is 633. The maximum atomic E-state index is 13.5. The maximum Gasteiger partial charge on any atom is 0.229 e. The number of rotatable bonds is 4. The standard InChI is InChI=1S/C13H18FN3O3S.ClH/c1-21(19,20)17-12-7-10(4-5-11(12)14)16-13(18)9-3-2-6-15-8-9;/h4-5,7,9,15,17H,2-3,6,8H2,1H3,(H,16,18);1H. The SMILES string of the molecule is CS(=O)(=O)Nc1cc(NC(=O)C2CCCNC2)ccc1F.Cl. The van der Waals surface area contributed by atoms with E-state index in [9.17, 15) is 17.6 Å². The second-order valence-corrected chi connectivity index (χ2v) is 6.85. The summed E-state index contributed by atoms with van der Waals surface area (Å²) < 4.78 is 37.9. The summed E-state index contributed by atoms with van der Waals surface area (Å²) in [5.41, 5.74) is 0.176. The third-order valence-electron chi connectivity index (χ3n) is 3.20. The number of carbonyl (C=O) groups excluding carboxylic acids is 1. The van der Waals surface area contributed by atoms with Gasteiger partial charge in [0.25, 0.3) is 0 Å². The van der Waals surface area contributed by atoms with Gasteiger partial charge < -0.3 is 10.6 Å². The Morgan fingerprint density at radius 2 is 2.14 bits per heavy atom. The zero-order valence-corrected chi connectivity index (χ0v) is 13.7. The summed E-state index contributed by atoms with van der Waals surface area (Å²) in [6.45, 7) is 1.52. The van der Waals surface area contributed by atoms with E-state index in [4.69, 9.17) is 0 Å². The van der Waals surface area contributed by atoms with Gasteiger partial charge in [-0.3, -0.25) is 9.52 Å². The highest BCUT2D eigenvalue weighted by Crippen LogP contribution is 2.21. The van der Waals surface area contributed by atoms with E-state index in [0.29, 0.717) is 12.2 Å². The fraction of sp³-hybridized carbons (Fsp3) is 0.462. The number of anilines is 2. The van der Waals surface area contributed by atoms with Crippen LogP contribution >= 0.6 is 12.4 Å². The van der Waals surface area contributed by atoms with Crippen LogP contribution < -0.4 is 15.4 Å². The number of piperidine rings is 1. The zero-order chi connectivity index (χ0) is 15.5. The fourth-order valence-electron chi connectivity index (χ4n) is 2.20. The largest absolute Gasteiger partial charge is 0.326 e. The first-order valence-corrected chi connectivity index (χ1v) is 8.53. The van der Waals surface area contributed by atoms with E-state index >= 15 is 0 Å². The van der Waals surface area contributed by atoms with Crippen LogP contribution in [0.2, 0.25) is 0 Å². The normalized spacial score (nSPS) is 18.2. The molecule has 1 fully saturated rings. The lowest BCUT2D eigenvalue weighted by Gasteiger charge is -2.22. The third-order valence-corrected chi connectivity index (χ3v) is 3.79. The Balaban J connectivity index is 0.00000242. The van der Waals surface area contributed by atoms with E-state index in [2.05, 4.69) is 15.4 Å². The molecule has 0 aliphatic carbocycles. The molecule has 1 atom stereocenters. The molecule has 3 N–H and O–H groups in total. The smallest absolute Gasteiger partial charge is 0.229 e. The number of hydrogen-bond donors (Lipinski definition) is 3. The second kappa shape index (κ2) is 7.75. The molecule has 6 nitrogen and oxygen atoms in total. The molecule has 1 amide bonds. The number of sulfonamides is 1. The van der Waals surface area contributed by atoms with Crippen molar-refractivity contribution in [3.8, 4) is 0 Å². The summed E-state index contributed by atoms with van der Waals surface area (Å²) in [6.07, 6.45) is 2.67. The van der Waals surface area contributed by atoms with E-state index < -0.39 is 15.8 Å². The van der Waals surface area contributed by atoms with Crippen LogP contribution in [0.1, 0.15) is 12.8 Å². The summed E-state index contributed by atoms with van der Waals surface area (Å²) in [5.74, 6) is -0.980. The van der Waals surface area contributed by atoms with Gasteiger partial charge >= 0.3 is 0 Å². The summed E-state index contributed by atoms with van der Waals surface area (Å²) in [7, 11) is -3.58. The number of halogens is 2. The monoisotopic (exact) mass is 351 g/mol. The lowest BCUT2D eigenvalue weighted by Crippen LogP contribution is -2.37. The Morgan fingerprint density at radius 3 is 2.73 bits per heavy atom. The van der Waals surface area contributed by atoms with Crippen molar-refractivity contribution in [1.82, 2.24) is 5.32 Å². The first kappa shape index (κ1) is 18.7. The van der Waals surface area contributed by atoms with Crippen molar-refractivity contribution in [2.24, 2.45) is 5.92 Å². The number of hydrogen-bond acceptors (Lipinski definition) is 4. The Kier molecular flexibility index (Phi) is 6.58. The van der Waals surface area contributed by atoms with Gasteiger partial charge in [0.15, 0.2) is 0 Å². The van der Waals surface area contributed by atoms with E-state index in [1.807, 2.05) is 0 Å². The molecular formula is C13H19ClFN3O3S. The highest BCUT2D eigenvalue weighted by atomic mass is 35.5.